The van der Waals surface area contributed by atoms with Gasteiger partial charge in [0.15, 0.2) is 0 Å². The van der Waals surface area contributed by atoms with Crippen molar-refractivity contribution in [2.24, 2.45) is 7.05 Å². The zero-order valence-corrected chi connectivity index (χ0v) is 12.9. The summed E-state index contributed by atoms with van der Waals surface area (Å²) >= 11 is 3.42. The fourth-order valence-corrected chi connectivity index (χ4v) is 3.58. The third kappa shape index (κ3) is 2.45. The molecule has 0 N–H and O–H groups in total. The fourth-order valence-electron chi connectivity index (χ4n) is 2.14. The molecule has 3 aromatic rings. The Morgan fingerprint density at radius 1 is 1.35 bits per heavy atom. The Morgan fingerprint density at radius 3 is 2.90 bits per heavy atom. The second-order valence-electron chi connectivity index (χ2n) is 4.54. The van der Waals surface area contributed by atoms with Gasteiger partial charge in [0.25, 0.3) is 0 Å². The first-order valence-corrected chi connectivity index (χ1v) is 8.45. The zero-order valence-electron chi connectivity index (χ0n) is 11.3. The molecule has 0 saturated carbocycles. The Morgan fingerprint density at radius 2 is 2.20 bits per heavy atom. The van der Waals surface area contributed by atoms with Crippen LogP contribution < -0.4 is 0 Å². The van der Waals surface area contributed by atoms with E-state index >= 15 is 0 Å². The van der Waals surface area contributed by atoms with Crippen molar-refractivity contribution in [3.05, 3.63) is 36.0 Å². The molecule has 0 bridgehead atoms. The molecule has 0 unspecified atom stereocenters. The molecule has 20 heavy (non-hydrogen) atoms. The average Bonchev–Trinajstić information content (AvgIpc) is 2.97. The molecule has 3 rings (SSSR count). The highest BCUT2D eigenvalue weighted by molar-refractivity contribution is 7.98. The summed E-state index contributed by atoms with van der Waals surface area (Å²) in [6.45, 7) is 0. The number of halogens is 1. The molecule has 0 aliphatic heterocycles. The van der Waals surface area contributed by atoms with Crippen LogP contribution in [0.4, 0.5) is 4.39 Å². The number of nitrogens with zero attached hydrogens (tertiary/aromatic N) is 3. The first-order valence-electron chi connectivity index (χ1n) is 6.24. The Kier molecular flexibility index (Phi) is 3.76. The van der Waals surface area contributed by atoms with Gasteiger partial charge in [0.2, 0.25) is 0 Å². The molecule has 0 aliphatic rings. The van der Waals surface area contributed by atoms with E-state index in [2.05, 4.69) is 33.9 Å². The van der Waals surface area contributed by atoms with Gasteiger partial charge in [0, 0.05) is 24.5 Å². The van der Waals surface area contributed by atoms with Crippen LogP contribution in [0.3, 0.4) is 0 Å². The average molecular weight is 307 g/mol. The van der Waals surface area contributed by atoms with Crippen molar-refractivity contribution in [2.75, 3.05) is 12.0 Å². The lowest BCUT2D eigenvalue weighted by Gasteiger charge is -2.01. The van der Waals surface area contributed by atoms with Crippen LogP contribution in [0, 0.1) is 5.82 Å². The van der Waals surface area contributed by atoms with E-state index in [1.165, 1.54) is 18.0 Å². The van der Waals surface area contributed by atoms with Gasteiger partial charge in [-0.1, -0.05) is 11.3 Å². The number of pyridine rings is 1. The molecule has 6 heteroatoms. The molecule has 3 nitrogen and oxygen atoms in total. The van der Waals surface area contributed by atoms with Crippen molar-refractivity contribution in [3.8, 4) is 10.6 Å². The number of hydrogen-bond donors (Lipinski definition) is 0. The summed E-state index contributed by atoms with van der Waals surface area (Å²) in [5.41, 5.74) is 3.00. The lowest BCUT2D eigenvalue weighted by molar-refractivity contribution is 0.622. The van der Waals surface area contributed by atoms with Gasteiger partial charge in [-0.2, -0.15) is 11.8 Å². The monoisotopic (exact) mass is 307 g/mol. The molecule has 0 amide bonds. The van der Waals surface area contributed by atoms with Crippen LogP contribution in [0.15, 0.2) is 24.5 Å². The molecule has 0 saturated heterocycles. The van der Waals surface area contributed by atoms with E-state index in [4.69, 9.17) is 0 Å². The SMILES string of the molecule is CSCCc1cc2nc(-c3cncc(F)c3)sc2n1C. The number of hydrogen-bond acceptors (Lipinski definition) is 4. The number of thiazole rings is 1. The lowest BCUT2D eigenvalue weighted by Crippen LogP contribution is -1.96. The van der Waals surface area contributed by atoms with E-state index in [-0.39, 0.29) is 5.82 Å². The van der Waals surface area contributed by atoms with Gasteiger partial charge in [-0.05, 0) is 30.6 Å². The summed E-state index contributed by atoms with van der Waals surface area (Å²) < 4.78 is 15.4. The third-order valence-corrected chi connectivity index (χ3v) is 5.00. The van der Waals surface area contributed by atoms with E-state index in [1.807, 2.05) is 11.8 Å². The van der Waals surface area contributed by atoms with Gasteiger partial charge in [0.05, 0.1) is 6.20 Å². The minimum atomic E-state index is -0.331. The van der Waals surface area contributed by atoms with E-state index in [0.717, 1.165) is 33.1 Å². The zero-order chi connectivity index (χ0) is 14.1. The van der Waals surface area contributed by atoms with Crippen molar-refractivity contribution < 1.29 is 4.39 Å². The van der Waals surface area contributed by atoms with Crippen molar-refractivity contribution in [3.63, 3.8) is 0 Å². The molecule has 0 aromatic carbocycles. The quantitative estimate of drug-likeness (QED) is 0.735. The molecule has 0 aliphatic carbocycles. The number of thioether (sulfide) groups is 1. The fraction of sp³-hybridized carbons (Fsp3) is 0.286. The van der Waals surface area contributed by atoms with Crippen LogP contribution in [-0.4, -0.2) is 26.5 Å². The lowest BCUT2D eigenvalue weighted by atomic mass is 10.3. The largest absolute Gasteiger partial charge is 0.338 e. The summed E-state index contributed by atoms with van der Waals surface area (Å²) in [5.74, 6) is 0.772. The molecule has 3 aromatic heterocycles. The second-order valence-corrected chi connectivity index (χ2v) is 6.50. The van der Waals surface area contributed by atoms with E-state index in [1.54, 1.807) is 17.5 Å². The Labute approximate surface area is 124 Å². The van der Waals surface area contributed by atoms with Gasteiger partial charge < -0.3 is 4.57 Å². The van der Waals surface area contributed by atoms with Gasteiger partial charge >= 0.3 is 0 Å². The number of fused-ring (bicyclic) bond motifs is 1. The predicted molar refractivity (Wildman–Crippen MR) is 83.9 cm³/mol. The minimum absolute atomic E-state index is 0.331. The molecule has 0 atom stereocenters. The first-order chi connectivity index (χ1) is 9.69. The van der Waals surface area contributed by atoms with Crippen LogP contribution in [0.1, 0.15) is 5.69 Å². The third-order valence-electron chi connectivity index (χ3n) is 3.19. The van der Waals surface area contributed by atoms with Crippen LogP contribution >= 0.6 is 23.1 Å². The highest BCUT2D eigenvalue weighted by atomic mass is 32.2. The van der Waals surface area contributed by atoms with Crippen LogP contribution in [0.2, 0.25) is 0 Å². The van der Waals surface area contributed by atoms with E-state index in [0.29, 0.717) is 0 Å². The Bertz CT molecular complexity index is 748. The summed E-state index contributed by atoms with van der Waals surface area (Å²) in [6.07, 6.45) is 6.00. The summed E-state index contributed by atoms with van der Waals surface area (Å²) in [7, 11) is 2.06. The van der Waals surface area contributed by atoms with Crippen molar-refractivity contribution in [1.82, 2.24) is 14.5 Å². The Balaban J connectivity index is 2.00. The molecule has 3 heterocycles. The van der Waals surface area contributed by atoms with Crippen LogP contribution in [-0.2, 0) is 13.5 Å². The molecular formula is C14H14FN3S2. The maximum atomic E-state index is 13.2. The van der Waals surface area contributed by atoms with Crippen LogP contribution in [0.25, 0.3) is 20.9 Å². The van der Waals surface area contributed by atoms with Gasteiger partial charge in [0.1, 0.15) is 21.2 Å². The van der Waals surface area contributed by atoms with Gasteiger partial charge in [-0.3, -0.25) is 4.98 Å². The topological polar surface area (TPSA) is 30.7 Å². The summed E-state index contributed by atoms with van der Waals surface area (Å²) in [5, 5.41) is 0.814. The maximum absolute atomic E-state index is 13.2. The second kappa shape index (κ2) is 5.54. The standard InChI is InChI=1S/C14H14FN3S2/c1-18-11(3-4-19-2)6-12-14(18)20-13(17-12)9-5-10(15)8-16-7-9/h5-8H,3-4H2,1-2H3. The highest BCUT2D eigenvalue weighted by Gasteiger charge is 2.13. The highest BCUT2D eigenvalue weighted by Crippen LogP contribution is 2.31. The number of rotatable bonds is 4. The minimum Gasteiger partial charge on any atom is -0.338 e. The van der Waals surface area contributed by atoms with Crippen molar-refractivity contribution >= 4 is 33.4 Å². The summed E-state index contributed by atoms with van der Waals surface area (Å²) in [4.78, 5) is 9.60. The van der Waals surface area contributed by atoms with Gasteiger partial charge in [-0.25, -0.2) is 9.37 Å². The molecular weight excluding hydrogens is 293 g/mol. The molecule has 0 radical (unpaired) electrons. The molecule has 104 valence electrons. The van der Waals surface area contributed by atoms with Gasteiger partial charge in [-0.15, -0.1) is 0 Å². The van der Waals surface area contributed by atoms with Crippen molar-refractivity contribution in [2.45, 2.75) is 6.42 Å². The van der Waals surface area contributed by atoms with E-state index < -0.39 is 0 Å². The first kappa shape index (κ1) is 13.6. The predicted octanol–water partition coefficient (Wildman–Crippen LogP) is 3.74. The van der Waals surface area contributed by atoms with Crippen molar-refractivity contribution in [1.29, 1.82) is 0 Å². The van der Waals surface area contributed by atoms with Crippen LogP contribution in [0.5, 0.6) is 0 Å². The van der Waals surface area contributed by atoms with E-state index in [9.17, 15) is 4.39 Å². The Hall–Kier alpha value is -1.40. The molecule has 0 spiro atoms. The number of aryl methyl sites for hydroxylation is 2. The smallest absolute Gasteiger partial charge is 0.142 e. The molecule has 0 fully saturated rings. The maximum Gasteiger partial charge on any atom is 0.142 e. The summed E-state index contributed by atoms with van der Waals surface area (Å²) in [6, 6.07) is 3.59. The normalized spacial score (nSPS) is 11.3. The number of aromatic nitrogens is 3.